The average molecular weight is 278 g/mol. The first-order chi connectivity index (χ1) is 9.67. The van der Waals surface area contributed by atoms with Crippen LogP contribution in [-0.4, -0.2) is 17.5 Å². The van der Waals surface area contributed by atoms with Gasteiger partial charge in [-0.2, -0.15) is 0 Å². The first-order valence-electron chi connectivity index (χ1n) is 7.64. The standard InChI is InChI=1S/C16H26N2O2/c1-3-5-6-7-15(17-12-4-2)13-14-8-10-16(11-9-14)18(19)20/h8-11,15,17H,3-7,12-13H2,1-2H3. The van der Waals surface area contributed by atoms with Crippen LogP contribution in [0.15, 0.2) is 24.3 Å². The topological polar surface area (TPSA) is 55.2 Å². The van der Waals surface area contributed by atoms with Crippen molar-refractivity contribution in [2.75, 3.05) is 6.54 Å². The Morgan fingerprint density at radius 3 is 2.40 bits per heavy atom. The highest BCUT2D eigenvalue weighted by Gasteiger charge is 2.10. The predicted molar refractivity (Wildman–Crippen MR) is 83.0 cm³/mol. The molecule has 0 heterocycles. The molecule has 0 amide bonds. The van der Waals surface area contributed by atoms with Gasteiger partial charge in [-0.3, -0.25) is 10.1 Å². The molecule has 0 bridgehead atoms. The molecule has 0 aliphatic rings. The molecule has 1 unspecified atom stereocenters. The van der Waals surface area contributed by atoms with E-state index in [1.54, 1.807) is 12.1 Å². The van der Waals surface area contributed by atoms with E-state index in [0.717, 1.165) is 19.4 Å². The van der Waals surface area contributed by atoms with E-state index in [0.29, 0.717) is 6.04 Å². The molecule has 0 aliphatic heterocycles. The maximum Gasteiger partial charge on any atom is 0.269 e. The van der Waals surface area contributed by atoms with Gasteiger partial charge in [-0.1, -0.05) is 45.2 Å². The van der Waals surface area contributed by atoms with Crippen LogP contribution in [0.2, 0.25) is 0 Å². The Hall–Kier alpha value is -1.42. The van der Waals surface area contributed by atoms with Gasteiger partial charge in [0.1, 0.15) is 0 Å². The molecule has 0 saturated heterocycles. The highest BCUT2D eigenvalue weighted by molar-refractivity contribution is 5.33. The molecule has 0 radical (unpaired) electrons. The maximum atomic E-state index is 10.6. The summed E-state index contributed by atoms with van der Waals surface area (Å²) in [5, 5.41) is 14.2. The molecule has 1 rings (SSSR count). The van der Waals surface area contributed by atoms with Crippen LogP contribution in [0.4, 0.5) is 5.69 Å². The maximum absolute atomic E-state index is 10.6. The van der Waals surface area contributed by atoms with Crippen LogP contribution in [-0.2, 0) is 6.42 Å². The van der Waals surface area contributed by atoms with Crippen LogP contribution in [0.5, 0.6) is 0 Å². The minimum absolute atomic E-state index is 0.165. The first kappa shape index (κ1) is 16.6. The molecule has 0 spiro atoms. The number of unbranched alkanes of at least 4 members (excludes halogenated alkanes) is 2. The molecule has 1 aromatic carbocycles. The Bertz CT molecular complexity index is 390. The van der Waals surface area contributed by atoms with Gasteiger partial charge in [0.25, 0.3) is 5.69 Å². The average Bonchev–Trinajstić information content (AvgIpc) is 2.45. The fourth-order valence-electron chi connectivity index (χ4n) is 2.30. The van der Waals surface area contributed by atoms with Crippen molar-refractivity contribution in [2.24, 2.45) is 0 Å². The van der Waals surface area contributed by atoms with E-state index in [1.807, 2.05) is 12.1 Å². The van der Waals surface area contributed by atoms with Crippen LogP contribution in [0.25, 0.3) is 0 Å². The van der Waals surface area contributed by atoms with E-state index in [9.17, 15) is 10.1 Å². The zero-order chi connectivity index (χ0) is 14.8. The van der Waals surface area contributed by atoms with E-state index in [-0.39, 0.29) is 10.6 Å². The van der Waals surface area contributed by atoms with Gasteiger partial charge in [0, 0.05) is 18.2 Å². The van der Waals surface area contributed by atoms with Crippen LogP contribution in [0, 0.1) is 10.1 Å². The van der Waals surface area contributed by atoms with Gasteiger partial charge in [-0.25, -0.2) is 0 Å². The number of nitro benzene ring substituents is 1. The molecular weight excluding hydrogens is 252 g/mol. The smallest absolute Gasteiger partial charge is 0.269 e. The zero-order valence-electron chi connectivity index (χ0n) is 12.6. The highest BCUT2D eigenvalue weighted by atomic mass is 16.6. The molecule has 0 fully saturated rings. The molecule has 1 aromatic rings. The number of nitrogens with one attached hydrogen (secondary N) is 1. The predicted octanol–water partition coefficient (Wildman–Crippen LogP) is 4.09. The second-order valence-corrected chi connectivity index (χ2v) is 5.27. The van der Waals surface area contributed by atoms with Crippen LogP contribution in [0.1, 0.15) is 51.5 Å². The minimum atomic E-state index is -0.349. The Morgan fingerprint density at radius 2 is 1.85 bits per heavy atom. The summed E-state index contributed by atoms with van der Waals surface area (Å²) in [6.07, 6.45) is 6.99. The van der Waals surface area contributed by atoms with Crippen molar-refractivity contribution < 1.29 is 4.92 Å². The molecule has 4 heteroatoms. The molecule has 0 aromatic heterocycles. The van der Waals surface area contributed by atoms with Crippen molar-refractivity contribution in [2.45, 2.75) is 58.4 Å². The number of non-ortho nitro benzene ring substituents is 1. The zero-order valence-corrected chi connectivity index (χ0v) is 12.6. The van der Waals surface area contributed by atoms with Crippen molar-refractivity contribution in [3.05, 3.63) is 39.9 Å². The lowest BCUT2D eigenvalue weighted by Gasteiger charge is -2.18. The highest BCUT2D eigenvalue weighted by Crippen LogP contribution is 2.15. The van der Waals surface area contributed by atoms with Crippen molar-refractivity contribution in [1.82, 2.24) is 5.32 Å². The van der Waals surface area contributed by atoms with Gasteiger partial charge in [-0.05, 0) is 31.4 Å². The number of rotatable bonds is 10. The van der Waals surface area contributed by atoms with Crippen molar-refractivity contribution in [3.8, 4) is 0 Å². The van der Waals surface area contributed by atoms with Crippen LogP contribution < -0.4 is 5.32 Å². The van der Waals surface area contributed by atoms with E-state index < -0.39 is 0 Å². The van der Waals surface area contributed by atoms with Gasteiger partial charge in [-0.15, -0.1) is 0 Å². The Balaban J connectivity index is 2.55. The fourth-order valence-corrected chi connectivity index (χ4v) is 2.30. The summed E-state index contributed by atoms with van der Waals surface area (Å²) >= 11 is 0. The summed E-state index contributed by atoms with van der Waals surface area (Å²) in [7, 11) is 0. The molecular formula is C16H26N2O2. The van der Waals surface area contributed by atoms with E-state index in [1.165, 1.54) is 31.2 Å². The lowest BCUT2D eigenvalue weighted by molar-refractivity contribution is -0.384. The van der Waals surface area contributed by atoms with Gasteiger partial charge in [0.2, 0.25) is 0 Å². The third-order valence-corrected chi connectivity index (χ3v) is 3.47. The summed E-state index contributed by atoms with van der Waals surface area (Å²) in [4.78, 5) is 10.3. The normalized spacial score (nSPS) is 12.3. The monoisotopic (exact) mass is 278 g/mol. The first-order valence-corrected chi connectivity index (χ1v) is 7.64. The van der Waals surface area contributed by atoms with Gasteiger partial charge in [0.05, 0.1) is 4.92 Å². The lowest BCUT2D eigenvalue weighted by atomic mass is 10.00. The van der Waals surface area contributed by atoms with Crippen molar-refractivity contribution in [1.29, 1.82) is 0 Å². The Kier molecular flexibility index (Phi) is 7.88. The number of benzene rings is 1. The third kappa shape index (κ3) is 6.15. The Labute approximate surface area is 121 Å². The van der Waals surface area contributed by atoms with Crippen LogP contribution >= 0.6 is 0 Å². The van der Waals surface area contributed by atoms with Gasteiger partial charge in [0.15, 0.2) is 0 Å². The molecule has 4 nitrogen and oxygen atoms in total. The van der Waals surface area contributed by atoms with Crippen molar-refractivity contribution >= 4 is 5.69 Å². The largest absolute Gasteiger partial charge is 0.314 e. The summed E-state index contributed by atoms with van der Waals surface area (Å²) < 4.78 is 0. The lowest BCUT2D eigenvalue weighted by Crippen LogP contribution is -2.31. The van der Waals surface area contributed by atoms with Gasteiger partial charge >= 0.3 is 0 Å². The SMILES string of the molecule is CCCCCC(Cc1ccc([N+](=O)[O-])cc1)NCCC. The van der Waals surface area contributed by atoms with Crippen molar-refractivity contribution in [3.63, 3.8) is 0 Å². The van der Waals surface area contributed by atoms with Gasteiger partial charge < -0.3 is 5.32 Å². The number of nitrogens with zero attached hydrogens (tertiary/aromatic N) is 1. The molecule has 1 N–H and O–H groups in total. The molecule has 20 heavy (non-hydrogen) atoms. The molecule has 0 aliphatic carbocycles. The molecule has 0 saturated carbocycles. The van der Waals surface area contributed by atoms with E-state index in [4.69, 9.17) is 0 Å². The summed E-state index contributed by atoms with van der Waals surface area (Å²) in [6.45, 7) is 5.41. The molecule has 1 atom stereocenters. The Morgan fingerprint density at radius 1 is 1.15 bits per heavy atom. The molecule has 112 valence electrons. The summed E-state index contributed by atoms with van der Waals surface area (Å²) in [6, 6.07) is 7.41. The quantitative estimate of drug-likeness (QED) is 0.398. The second-order valence-electron chi connectivity index (χ2n) is 5.27. The van der Waals surface area contributed by atoms with E-state index in [2.05, 4.69) is 19.2 Å². The summed E-state index contributed by atoms with van der Waals surface area (Å²) in [5.41, 5.74) is 1.33. The second kappa shape index (κ2) is 9.48. The number of hydrogen-bond acceptors (Lipinski definition) is 3. The number of nitro groups is 1. The van der Waals surface area contributed by atoms with E-state index >= 15 is 0 Å². The van der Waals surface area contributed by atoms with Crippen LogP contribution in [0.3, 0.4) is 0 Å². The minimum Gasteiger partial charge on any atom is -0.314 e. The number of hydrogen-bond donors (Lipinski definition) is 1. The fraction of sp³-hybridized carbons (Fsp3) is 0.625. The summed E-state index contributed by atoms with van der Waals surface area (Å²) in [5.74, 6) is 0. The third-order valence-electron chi connectivity index (χ3n) is 3.47.